The Labute approximate surface area is 199 Å². The van der Waals surface area contributed by atoms with E-state index in [1.165, 1.54) is 0 Å². The lowest BCUT2D eigenvalue weighted by Crippen LogP contribution is -2.46. The molecule has 0 aromatic carbocycles. The molecule has 9 heteroatoms. The van der Waals surface area contributed by atoms with Crippen LogP contribution in [0.4, 0.5) is 9.59 Å². The van der Waals surface area contributed by atoms with Crippen LogP contribution in [0.15, 0.2) is 0 Å². The first-order valence-corrected chi connectivity index (χ1v) is 11.7. The number of hydrogen-bond donors (Lipinski definition) is 2. The normalized spacial score (nSPS) is 13.2. The van der Waals surface area contributed by atoms with Crippen molar-refractivity contribution in [3.63, 3.8) is 0 Å². The van der Waals surface area contributed by atoms with Crippen molar-refractivity contribution in [3.05, 3.63) is 0 Å². The summed E-state index contributed by atoms with van der Waals surface area (Å²) in [5, 5.41) is 11.6. The molecule has 9 nitrogen and oxygen atoms in total. The van der Waals surface area contributed by atoms with Crippen molar-refractivity contribution in [2.45, 2.75) is 117 Å². The first kappa shape index (κ1) is 31.0. The molecule has 0 saturated heterocycles. The number of hydrogen-bond acceptors (Lipinski definition) is 7. The molecule has 33 heavy (non-hydrogen) atoms. The van der Waals surface area contributed by atoms with E-state index in [0.717, 1.165) is 12.8 Å². The van der Waals surface area contributed by atoms with Gasteiger partial charge in [0.25, 0.3) is 0 Å². The van der Waals surface area contributed by atoms with Gasteiger partial charge < -0.3 is 29.5 Å². The number of unbranched alkanes of at least 4 members (excludes halogenated alkanes) is 2. The molecular formula is C24H46N2O7. The quantitative estimate of drug-likeness (QED) is 0.259. The van der Waals surface area contributed by atoms with Gasteiger partial charge in [0.15, 0.2) is 0 Å². The maximum Gasteiger partial charge on any atom is 0.410 e. The van der Waals surface area contributed by atoms with Gasteiger partial charge in [-0.15, -0.1) is 0 Å². The Morgan fingerprint density at radius 3 is 1.76 bits per heavy atom. The summed E-state index contributed by atoms with van der Waals surface area (Å²) in [6, 6.07) is -0.908. The van der Waals surface area contributed by atoms with E-state index in [-0.39, 0.29) is 13.0 Å². The van der Waals surface area contributed by atoms with E-state index in [0.29, 0.717) is 25.9 Å². The second kappa shape index (κ2) is 13.6. The van der Waals surface area contributed by atoms with Crippen LogP contribution in [0.2, 0.25) is 0 Å². The largest absolute Gasteiger partial charge is 0.458 e. The van der Waals surface area contributed by atoms with Gasteiger partial charge in [-0.2, -0.15) is 0 Å². The van der Waals surface area contributed by atoms with Crippen LogP contribution in [0.3, 0.4) is 0 Å². The minimum absolute atomic E-state index is 0.111. The number of carbonyl (C=O) groups excluding carboxylic acids is 3. The maximum absolute atomic E-state index is 12.7. The summed E-state index contributed by atoms with van der Waals surface area (Å²) >= 11 is 0. The first-order valence-electron chi connectivity index (χ1n) is 11.7. The zero-order valence-electron chi connectivity index (χ0n) is 22.1. The number of nitrogens with zero attached hydrogens (tertiary/aromatic N) is 1. The second-order valence-corrected chi connectivity index (χ2v) is 11.1. The molecule has 0 aliphatic heterocycles. The fourth-order valence-corrected chi connectivity index (χ4v) is 2.77. The molecule has 0 aliphatic rings. The summed E-state index contributed by atoms with van der Waals surface area (Å²) in [5.74, 6) is -0.555. The van der Waals surface area contributed by atoms with Gasteiger partial charge in [-0.05, 0) is 94.4 Å². The van der Waals surface area contributed by atoms with Crippen molar-refractivity contribution in [1.82, 2.24) is 10.2 Å². The minimum atomic E-state index is -0.908. The summed E-state index contributed by atoms with van der Waals surface area (Å²) in [4.78, 5) is 39.2. The molecule has 0 radical (unpaired) electrons. The van der Waals surface area contributed by atoms with Gasteiger partial charge >= 0.3 is 18.2 Å². The Morgan fingerprint density at radius 2 is 1.27 bits per heavy atom. The number of carbonyl (C=O) groups is 3. The summed E-state index contributed by atoms with van der Waals surface area (Å²) in [5.41, 5.74) is -2.04. The molecule has 0 bridgehead atoms. The highest BCUT2D eigenvalue weighted by Gasteiger charge is 2.29. The molecule has 0 unspecified atom stereocenters. The molecule has 0 heterocycles. The fraction of sp³-hybridized carbons (Fsp3) is 0.875. The third-order valence-electron chi connectivity index (χ3n) is 4.04. The monoisotopic (exact) mass is 474 g/mol. The predicted octanol–water partition coefficient (Wildman–Crippen LogP) is 4.40. The van der Waals surface area contributed by atoms with E-state index in [1.54, 1.807) is 67.2 Å². The summed E-state index contributed by atoms with van der Waals surface area (Å²) < 4.78 is 16.2. The predicted molar refractivity (Wildman–Crippen MR) is 127 cm³/mol. The van der Waals surface area contributed by atoms with E-state index < -0.39 is 41.0 Å². The number of rotatable bonds is 11. The Morgan fingerprint density at radius 1 is 0.758 bits per heavy atom. The molecule has 0 saturated carbocycles. The van der Waals surface area contributed by atoms with Crippen LogP contribution in [0.1, 0.15) is 94.4 Å². The molecule has 2 amide bonds. The van der Waals surface area contributed by atoms with Crippen LogP contribution in [0, 0.1) is 0 Å². The van der Waals surface area contributed by atoms with Gasteiger partial charge in [-0.1, -0.05) is 0 Å². The van der Waals surface area contributed by atoms with Gasteiger partial charge in [0.1, 0.15) is 22.8 Å². The van der Waals surface area contributed by atoms with Crippen molar-refractivity contribution in [2.75, 3.05) is 19.7 Å². The van der Waals surface area contributed by atoms with Gasteiger partial charge in [0.2, 0.25) is 0 Å². The zero-order valence-corrected chi connectivity index (χ0v) is 22.1. The van der Waals surface area contributed by atoms with E-state index in [4.69, 9.17) is 19.3 Å². The van der Waals surface area contributed by atoms with Crippen molar-refractivity contribution < 1.29 is 33.7 Å². The van der Waals surface area contributed by atoms with Gasteiger partial charge in [-0.25, -0.2) is 14.4 Å². The summed E-state index contributed by atoms with van der Waals surface area (Å²) in [6.07, 6.45) is 1.76. The number of aliphatic hydroxyl groups is 1. The fourth-order valence-electron chi connectivity index (χ4n) is 2.77. The highest BCUT2D eigenvalue weighted by atomic mass is 16.6. The first-order chi connectivity index (χ1) is 14.9. The number of alkyl carbamates (subject to hydrolysis) is 1. The highest BCUT2D eigenvalue weighted by molar-refractivity contribution is 5.81. The van der Waals surface area contributed by atoms with Crippen LogP contribution < -0.4 is 5.32 Å². The van der Waals surface area contributed by atoms with Crippen molar-refractivity contribution >= 4 is 18.2 Å². The van der Waals surface area contributed by atoms with Gasteiger partial charge in [0.05, 0.1) is 0 Å². The molecule has 0 fully saturated rings. The Bertz CT molecular complexity index is 616. The molecule has 0 rings (SSSR count). The van der Waals surface area contributed by atoms with E-state index in [9.17, 15) is 14.4 Å². The molecule has 0 aromatic heterocycles. The lowest BCUT2D eigenvalue weighted by molar-refractivity contribution is -0.157. The molecule has 0 aliphatic carbocycles. The molecule has 0 spiro atoms. The van der Waals surface area contributed by atoms with Crippen LogP contribution in [-0.4, -0.2) is 70.7 Å². The molecule has 2 N–H and O–H groups in total. The SMILES string of the molecule is CC(C)(C)OC(=O)N[C@@H](CCCN(CCCCCO)C(=O)OC(C)(C)C)C(=O)OC(C)(C)C. The van der Waals surface area contributed by atoms with Crippen LogP contribution >= 0.6 is 0 Å². The van der Waals surface area contributed by atoms with Crippen molar-refractivity contribution in [3.8, 4) is 0 Å². The van der Waals surface area contributed by atoms with E-state index >= 15 is 0 Å². The molecule has 1 atom stereocenters. The molecular weight excluding hydrogens is 428 g/mol. The van der Waals surface area contributed by atoms with Gasteiger partial charge in [0, 0.05) is 19.7 Å². The Hall–Kier alpha value is -2.03. The third kappa shape index (κ3) is 17.2. The summed E-state index contributed by atoms with van der Waals surface area (Å²) in [7, 11) is 0. The van der Waals surface area contributed by atoms with Gasteiger partial charge in [-0.3, -0.25) is 0 Å². The van der Waals surface area contributed by atoms with Crippen molar-refractivity contribution in [2.24, 2.45) is 0 Å². The Kier molecular flexibility index (Phi) is 12.8. The number of aliphatic hydroxyl groups excluding tert-OH is 1. The summed E-state index contributed by atoms with van der Waals surface area (Å²) in [6.45, 7) is 16.8. The lowest BCUT2D eigenvalue weighted by atomic mass is 10.1. The lowest BCUT2D eigenvalue weighted by Gasteiger charge is -2.29. The Balaban J connectivity index is 5.18. The molecule has 194 valence electrons. The van der Waals surface area contributed by atoms with Crippen LogP contribution in [0.5, 0.6) is 0 Å². The zero-order chi connectivity index (χ0) is 25.9. The average Bonchev–Trinajstić information content (AvgIpc) is 2.58. The topological polar surface area (TPSA) is 114 Å². The maximum atomic E-state index is 12.7. The average molecular weight is 475 g/mol. The van der Waals surface area contributed by atoms with E-state index in [1.807, 2.05) is 0 Å². The molecule has 0 aromatic rings. The van der Waals surface area contributed by atoms with Crippen molar-refractivity contribution in [1.29, 1.82) is 0 Å². The van der Waals surface area contributed by atoms with Crippen LogP contribution in [-0.2, 0) is 19.0 Å². The smallest absolute Gasteiger partial charge is 0.410 e. The number of nitrogens with one attached hydrogen (secondary N) is 1. The minimum Gasteiger partial charge on any atom is -0.458 e. The number of ether oxygens (including phenoxy) is 3. The number of esters is 1. The van der Waals surface area contributed by atoms with E-state index in [2.05, 4.69) is 5.32 Å². The van der Waals surface area contributed by atoms with Crippen LogP contribution in [0.25, 0.3) is 0 Å². The third-order valence-corrected chi connectivity index (χ3v) is 4.04. The number of amides is 2. The second-order valence-electron chi connectivity index (χ2n) is 11.1. The highest BCUT2D eigenvalue weighted by Crippen LogP contribution is 2.15. The standard InChI is InChI=1S/C24H46N2O7/c1-22(2,3)31-19(28)18(25-20(29)32-23(4,5)6)14-13-16-26(15-11-10-12-17-27)21(30)33-24(7,8)9/h18,27H,10-17H2,1-9H3,(H,25,29)/t18-/m0/s1.